The number of rotatable bonds is 4. The molecule has 0 aliphatic heterocycles. The number of hydrogen-bond donors (Lipinski definition) is 1. The summed E-state index contributed by atoms with van der Waals surface area (Å²) < 4.78 is 0. The number of nitrogens with zero attached hydrogens (tertiary/aromatic N) is 3. The van der Waals surface area contributed by atoms with E-state index in [1.165, 1.54) is 6.20 Å². The first-order valence-corrected chi connectivity index (χ1v) is 5.61. The molecule has 1 aromatic heterocycles. The van der Waals surface area contributed by atoms with Gasteiger partial charge in [0.2, 0.25) is 0 Å². The third-order valence-electron chi connectivity index (χ3n) is 2.35. The van der Waals surface area contributed by atoms with Crippen molar-refractivity contribution in [2.75, 3.05) is 40.0 Å². The molecule has 0 spiro atoms. The summed E-state index contributed by atoms with van der Waals surface area (Å²) >= 11 is 5.82. The summed E-state index contributed by atoms with van der Waals surface area (Å²) in [6.45, 7) is 1.45. The van der Waals surface area contributed by atoms with Crippen LogP contribution in [0.4, 0.5) is 5.82 Å². The lowest BCUT2D eigenvalue weighted by atomic mass is 10.2. The van der Waals surface area contributed by atoms with E-state index in [0.29, 0.717) is 17.1 Å². The minimum atomic E-state index is -0.110. The summed E-state index contributed by atoms with van der Waals surface area (Å²) in [7, 11) is 5.66. The maximum absolute atomic E-state index is 12.0. The summed E-state index contributed by atoms with van der Waals surface area (Å²) in [6.07, 6.45) is 1.44. The van der Waals surface area contributed by atoms with Gasteiger partial charge in [0.15, 0.2) is 0 Å². The molecular formula is C11H17ClN4O. The monoisotopic (exact) mass is 256 g/mol. The van der Waals surface area contributed by atoms with Crippen LogP contribution in [0.2, 0.25) is 5.02 Å². The number of nitrogens with two attached hydrogens (primary N) is 1. The summed E-state index contributed by atoms with van der Waals surface area (Å²) in [4.78, 5) is 19.5. The van der Waals surface area contributed by atoms with Crippen LogP contribution in [-0.2, 0) is 0 Å². The van der Waals surface area contributed by atoms with Crippen molar-refractivity contribution in [2.45, 2.75) is 0 Å². The molecule has 0 saturated carbocycles. The van der Waals surface area contributed by atoms with Gasteiger partial charge in [0.1, 0.15) is 5.82 Å². The summed E-state index contributed by atoms with van der Waals surface area (Å²) in [6, 6.07) is 1.54. The Hall–Kier alpha value is -1.33. The molecule has 1 aromatic rings. The Balaban J connectivity index is 2.71. The van der Waals surface area contributed by atoms with Crippen molar-refractivity contribution in [3.05, 3.63) is 22.8 Å². The fraction of sp³-hybridized carbons (Fsp3) is 0.455. The van der Waals surface area contributed by atoms with E-state index in [1.54, 1.807) is 18.0 Å². The molecule has 6 heteroatoms. The van der Waals surface area contributed by atoms with E-state index in [-0.39, 0.29) is 11.7 Å². The molecule has 0 saturated heterocycles. The topological polar surface area (TPSA) is 62.5 Å². The normalized spacial score (nSPS) is 10.6. The highest BCUT2D eigenvalue weighted by atomic mass is 35.5. The number of carbonyl (C=O) groups excluding carboxylic acids is 1. The summed E-state index contributed by atoms with van der Waals surface area (Å²) in [5.74, 6) is 0.125. The van der Waals surface area contributed by atoms with Gasteiger partial charge in [-0.3, -0.25) is 4.79 Å². The van der Waals surface area contributed by atoms with Crippen molar-refractivity contribution in [3.63, 3.8) is 0 Å². The van der Waals surface area contributed by atoms with Gasteiger partial charge < -0.3 is 15.5 Å². The number of amides is 1. The third kappa shape index (κ3) is 3.87. The molecule has 1 rings (SSSR count). The first-order chi connectivity index (χ1) is 7.91. The molecular weight excluding hydrogens is 240 g/mol. The van der Waals surface area contributed by atoms with Gasteiger partial charge >= 0.3 is 0 Å². The largest absolute Gasteiger partial charge is 0.382 e. The zero-order valence-electron chi connectivity index (χ0n) is 10.3. The first kappa shape index (κ1) is 13.7. The molecule has 2 N–H and O–H groups in total. The average Bonchev–Trinajstić information content (AvgIpc) is 2.28. The van der Waals surface area contributed by atoms with Crippen LogP contribution in [0.3, 0.4) is 0 Å². The lowest BCUT2D eigenvalue weighted by Crippen LogP contribution is -2.33. The quantitative estimate of drug-likeness (QED) is 0.871. The van der Waals surface area contributed by atoms with Crippen molar-refractivity contribution in [1.82, 2.24) is 14.8 Å². The van der Waals surface area contributed by atoms with Crippen molar-refractivity contribution in [3.8, 4) is 0 Å². The van der Waals surface area contributed by atoms with Gasteiger partial charge in [0, 0.05) is 26.3 Å². The molecule has 0 aliphatic carbocycles. The molecule has 0 fully saturated rings. The second-order valence-corrected chi connectivity index (χ2v) is 4.53. The van der Waals surface area contributed by atoms with E-state index in [2.05, 4.69) is 4.98 Å². The Kier molecular flexibility index (Phi) is 4.72. The van der Waals surface area contributed by atoms with Crippen LogP contribution in [0.5, 0.6) is 0 Å². The number of likely N-dealkylation sites (N-methyl/N-ethyl adjacent to an activating group) is 2. The molecule has 17 heavy (non-hydrogen) atoms. The van der Waals surface area contributed by atoms with Gasteiger partial charge in [-0.05, 0) is 20.2 Å². The van der Waals surface area contributed by atoms with E-state index >= 15 is 0 Å². The Morgan fingerprint density at radius 1 is 1.41 bits per heavy atom. The van der Waals surface area contributed by atoms with Crippen molar-refractivity contribution in [1.29, 1.82) is 0 Å². The number of hydrogen-bond acceptors (Lipinski definition) is 4. The molecule has 1 heterocycles. The van der Waals surface area contributed by atoms with Crippen molar-refractivity contribution in [2.24, 2.45) is 0 Å². The molecule has 0 unspecified atom stereocenters. The molecule has 1 amide bonds. The van der Waals surface area contributed by atoms with Crippen molar-refractivity contribution < 1.29 is 4.79 Å². The average molecular weight is 257 g/mol. The van der Waals surface area contributed by atoms with E-state index in [0.717, 1.165) is 6.54 Å². The number of nitrogen functional groups attached to an aromatic ring is 1. The zero-order chi connectivity index (χ0) is 13.0. The van der Waals surface area contributed by atoms with E-state index in [9.17, 15) is 4.79 Å². The minimum absolute atomic E-state index is 0.110. The maximum atomic E-state index is 12.0. The fourth-order valence-corrected chi connectivity index (χ4v) is 1.40. The van der Waals surface area contributed by atoms with E-state index in [4.69, 9.17) is 17.3 Å². The Bertz CT molecular complexity index is 408. The fourth-order valence-electron chi connectivity index (χ4n) is 1.24. The highest BCUT2D eigenvalue weighted by Crippen LogP contribution is 2.17. The van der Waals surface area contributed by atoms with E-state index < -0.39 is 0 Å². The van der Waals surface area contributed by atoms with Crippen LogP contribution in [0.25, 0.3) is 0 Å². The van der Waals surface area contributed by atoms with Crippen LogP contribution < -0.4 is 5.73 Å². The zero-order valence-corrected chi connectivity index (χ0v) is 11.0. The Morgan fingerprint density at radius 2 is 2.06 bits per heavy atom. The third-order valence-corrected chi connectivity index (χ3v) is 2.65. The smallest absolute Gasteiger partial charge is 0.255 e. The van der Waals surface area contributed by atoms with Gasteiger partial charge in [-0.25, -0.2) is 4.98 Å². The van der Waals surface area contributed by atoms with Crippen LogP contribution in [0, 0.1) is 0 Å². The van der Waals surface area contributed by atoms with Gasteiger partial charge in [-0.1, -0.05) is 11.6 Å². The highest BCUT2D eigenvalue weighted by Gasteiger charge is 2.13. The molecule has 0 aliphatic rings. The number of pyridine rings is 1. The highest BCUT2D eigenvalue weighted by molar-refractivity contribution is 6.33. The lowest BCUT2D eigenvalue weighted by molar-refractivity contribution is 0.0786. The SMILES string of the molecule is CN(C)CCN(C)C(=O)c1cnc(N)c(Cl)c1. The van der Waals surface area contributed by atoms with Gasteiger partial charge in [-0.15, -0.1) is 0 Å². The lowest BCUT2D eigenvalue weighted by Gasteiger charge is -2.19. The van der Waals surface area contributed by atoms with Gasteiger partial charge in [0.05, 0.1) is 10.6 Å². The van der Waals surface area contributed by atoms with Gasteiger partial charge in [-0.2, -0.15) is 0 Å². The standard InChI is InChI=1S/C11H17ClN4O/c1-15(2)4-5-16(3)11(17)8-6-9(12)10(13)14-7-8/h6-7H,4-5H2,1-3H3,(H2,13,14). The number of carbonyl (C=O) groups is 1. The maximum Gasteiger partial charge on any atom is 0.255 e. The van der Waals surface area contributed by atoms with Gasteiger partial charge in [0.25, 0.3) is 5.91 Å². The predicted molar refractivity (Wildman–Crippen MR) is 69.2 cm³/mol. The van der Waals surface area contributed by atoms with Crippen LogP contribution in [-0.4, -0.2) is 54.9 Å². The molecule has 0 atom stereocenters. The number of anilines is 1. The minimum Gasteiger partial charge on any atom is -0.382 e. The second-order valence-electron chi connectivity index (χ2n) is 4.12. The molecule has 0 radical (unpaired) electrons. The second kappa shape index (κ2) is 5.84. The Labute approximate surface area is 106 Å². The van der Waals surface area contributed by atoms with Crippen molar-refractivity contribution >= 4 is 23.3 Å². The van der Waals surface area contributed by atoms with E-state index in [1.807, 2.05) is 19.0 Å². The Morgan fingerprint density at radius 3 is 2.59 bits per heavy atom. The molecule has 5 nitrogen and oxygen atoms in total. The number of aromatic nitrogens is 1. The summed E-state index contributed by atoms with van der Waals surface area (Å²) in [5.41, 5.74) is 5.94. The predicted octanol–water partition coefficient (Wildman–Crippen LogP) is 0.951. The molecule has 94 valence electrons. The molecule has 0 aromatic carbocycles. The number of halogens is 1. The molecule has 0 bridgehead atoms. The van der Waals surface area contributed by atoms with Crippen LogP contribution in [0.1, 0.15) is 10.4 Å². The van der Waals surface area contributed by atoms with Crippen LogP contribution in [0.15, 0.2) is 12.3 Å². The van der Waals surface area contributed by atoms with Crippen LogP contribution >= 0.6 is 11.6 Å². The summed E-state index contributed by atoms with van der Waals surface area (Å²) in [5, 5.41) is 0.303. The first-order valence-electron chi connectivity index (χ1n) is 5.23.